The molecular formula is C16H24O. The highest BCUT2D eigenvalue weighted by molar-refractivity contribution is 5.23. The third-order valence-electron chi connectivity index (χ3n) is 4.52. The van der Waals surface area contributed by atoms with Gasteiger partial charge in [-0.1, -0.05) is 49.6 Å². The van der Waals surface area contributed by atoms with Crippen LogP contribution in [0.15, 0.2) is 24.3 Å². The summed E-state index contributed by atoms with van der Waals surface area (Å²) in [7, 11) is 0. The van der Waals surface area contributed by atoms with Gasteiger partial charge in [-0.3, -0.25) is 0 Å². The predicted octanol–water partition coefficient (Wildman–Crippen LogP) is 3.87. The average Bonchev–Trinajstić information content (AvgIpc) is 2.78. The summed E-state index contributed by atoms with van der Waals surface area (Å²) in [5.41, 5.74) is 2.76. The summed E-state index contributed by atoms with van der Waals surface area (Å²) in [5.74, 6) is 0. The van der Waals surface area contributed by atoms with Gasteiger partial charge in [0.15, 0.2) is 0 Å². The van der Waals surface area contributed by atoms with Crippen LogP contribution in [0.1, 0.15) is 50.2 Å². The van der Waals surface area contributed by atoms with Crippen molar-refractivity contribution in [2.24, 2.45) is 5.41 Å². The van der Waals surface area contributed by atoms with E-state index in [-0.39, 0.29) is 11.5 Å². The van der Waals surface area contributed by atoms with Crippen LogP contribution in [-0.2, 0) is 6.42 Å². The quantitative estimate of drug-likeness (QED) is 0.835. The molecule has 2 rings (SSSR count). The first-order chi connectivity index (χ1) is 8.16. The summed E-state index contributed by atoms with van der Waals surface area (Å²) in [6.07, 6.45) is 6.75. The van der Waals surface area contributed by atoms with E-state index in [4.69, 9.17) is 0 Å². The van der Waals surface area contributed by atoms with Crippen molar-refractivity contribution in [3.63, 3.8) is 0 Å². The van der Waals surface area contributed by atoms with E-state index < -0.39 is 0 Å². The summed E-state index contributed by atoms with van der Waals surface area (Å²) in [5, 5.41) is 10.5. The van der Waals surface area contributed by atoms with Gasteiger partial charge in [0.2, 0.25) is 0 Å². The fourth-order valence-corrected chi connectivity index (χ4v) is 3.28. The van der Waals surface area contributed by atoms with Crippen molar-refractivity contribution in [2.75, 3.05) is 0 Å². The molecule has 0 heterocycles. The number of aliphatic hydroxyl groups excluding tert-OH is 1. The molecule has 1 nitrogen and oxygen atoms in total. The summed E-state index contributed by atoms with van der Waals surface area (Å²) in [6, 6.07) is 8.53. The SMILES string of the molecule is CCC1(C(O)Cc2cccc(C)c2)CCCC1. The molecule has 1 N–H and O–H groups in total. The van der Waals surface area contributed by atoms with Crippen LogP contribution in [0.4, 0.5) is 0 Å². The lowest BCUT2D eigenvalue weighted by molar-refractivity contribution is 0.0257. The van der Waals surface area contributed by atoms with Crippen LogP contribution in [0.25, 0.3) is 0 Å². The molecule has 1 aromatic rings. The van der Waals surface area contributed by atoms with Gasteiger partial charge in [-0.15, -0.1) is 0 Å². The van der Waals surface area contributed by atoms with Crippen molar-refractivity contribution in [2.45, 2.75) is 58.5 Å². The van der Waals surface area contributed by atoms with Crippen molar-refractivity contribution >= 4 is 0 Å². The molecule has 0 aliphatic heterocycles. The smallest absolute Gasteiger partial charge is 0.0636 e. The summed E-state index contributed by atoms with van der Waals surface area (Å²) in [6.45, 7) is 4.34. The Balaban J connectivity index is 2.07. The molecule has 0 saturated heterocycles. The molecule has 0 aromatic heterocycles. The van der Waals surface area contributed by atoms with Gasteiger partial charge in [-0.25, -0.2) is 0 Å². The first-order valence-corrected chi connectivity index (χ1v) is 6.90. The highest BCUT2D eigenvalue weighted by Crippen LogP contribution is 2.44. The maximum Gasteiger partial charge on any atom is 0.0636 e. The van der Waals surface area contributed by atoms with Crippen molar-refractivity contribution < 1.29 is 5.11 Å². The molecule has 94 valence electrons. The molecule has 1 aromatic carbocycles. The number of aliphatic hydroxyl groups is 1. The third-order valence-corrected chi connectivity index (χ3v) is 4.52. The van der Waals surface area contributed by atoms with Gasteiger partial charge in [-0.2, -0.15) is 0 Å². The van der Waals surface area contributed by atoms with Gasteiger partial charge in [0.05, 0.1) is 6.10 Å². The van der Waals surface area contributed by atoms with Crippen LogP contribution in [0, 0.1) is 12.3 Å². The highest BCUT2D eigenvalue weighted by atomic mass is 16.3. The van der Waals surface area contributed by atoms with Crippen LogP contribution in [0.2, 0.25) is 0 Å². The molecule has 0 spiro atoms. The maximum absolute atomic E-state index is 10.5. The van der Waals surface area contributed by atoms with Gasteiger partial charge in [0.1, 0.15) is 0 Å². The Morgan fingerprint density at radius 3 is 2.59 bits per heavy atom. The molecule has 17 heavy (non-hydrogen) atoms. The highest BCUT2D eigenvalue weighted by Gasteiger charge is 2.38. The van der Waals surface area contributed by atoms with E-state index in [2.05, 4.69) is 38.1 Å². The van der Waals surface area contributed by atoms with Crippen molar-refractivity contribution in [1.29, 1.82) is 0 Å². The topological polar surface area (TPSA) is 20.2 Å². The second kappa shape index (κ2) is 5.22. The van der Waals surface area contributed by atoms with Gasteiger partial charge < -0.3 is 5.11 Å². The van der Waals surface area contributed by atoms with E-state index in [1.54, 1.807) is 0 Å². The molecule has 1 aliphatic rings. The standard InChI is InChI=1S/C16H24O/c1-3-16(9-4-5-10-16)15(17)12-14-8-6-7-13(2)11-14/h6-8,11,15,17H,3-5,9-10,12H2,1-2H3. The molecule has 1 unspecified atom stereocenters. The Morgan fingerprint density at radius 2 is 2.00 bits per heavy atom. The number of hydrogen-bond acceptors (Lipinski definition) is 1. The molecule has 0 radical (unpaired) electrons. The third kappa shape index (κ3) is 2.71. The zero-order valence-electron chi connectivity index (χ0n) is 11.1. The van der Waals surface area contributed by atoms with Gasteiger partial charge in [0.25, 0.3) is 0 Å². The Morgan fingerprint density at radius 1 is 1.29 bits per heavy atom. The van der Waals surface area contributed by atoms with Gasteiger partial charge in [-0.05, 0) is 43.6 Å². The molecule has 1 heteroatoms. The first-order valence-electron chi connectivity index (χ1n) is 6.90. The van der Waals surface area contributed by atoms with Gasteiger partial charge in [0, 0.05) is 0 Å². The van der Waals surface area contributed by atoms with E-state index in [9.17, 15) is 5.11 Å². The predicted molar refractivity (Wildman–Crippen MR) is 72.1 cm³/mol. The van der Waals surface area contributed by atoms with Crippen molar-refractivity contribution in [1.82, 2.24) is 0 Å². The fraction of sp³-hybridized carbons (Fsp3) is 0.625. The number of hydrogen-bond donors (Lipinski definition) is 1. The van der Waals surface area contributed by atoms with E-state index in [1.165, 1.54) is 36.8 Å². The summed E-state index contributed by atoms with van der Waals surface area (Å²) < 4.78 is 0. The molecule has 1 fully saturated rings. The molecule has 1 saturated carbocycles. The lowest BCUT2D eigenvalue weighted by atomic mass is 9.76. The Bertz CT molecular complexity index is 364. The van der Waals surface area contributed by atoms with E-state index in [0.717, 1.165) is 12.8 Å². The van der Waals surface area contributed by atoms with Crippen LogP contribution in [0.3, 0.4) is 0 Å². The second-order valence-corrected chi connectivity index (χ2v) is 5.63. The molecular weight excluding hydrogens is 208 g/mol. The first kappa shape index (κ1) is 12.6. The average molecular weight is 232 g/mol. The molecule has 1 aliphatic carbocycles. The number of rotatable bonds is 4. The van der Waals surface area contributed by atoms with Crippen LogP contribution in [-0.4, -0.2) is 11.2 Å². The summed E-state index contributed by atoms with van der Waals surface area (Å²) >= 11 is 0. The van der Waals surface area contributed by atoms with Gasteiger partial charge >= 0.3 is 0 Å². The second-order valence-electron chi connectivity index (χ2n) is 5.63. The van der Waals surface area contributed by atoms with E-state index >= 15 is 0 Å². The molecule has 1 atom stereocenters. The lowest BCUT2D eigenvalue weighted by Gasteiger charge is -2.33. The minimum absolute atomic E-state index is 0.170. The zero-order valence-corrected chi connectivity index (χ0v) is 11.1. The Labute approximate surface area is 105 Å². The Hall–Kier alpha value is -0.820. The normalized spacial score (nSPS) is 20.4. The van der Waals surface area contributed by atoms with Crippen LogP contribution < -0.4 is 0 Å². The van der Waals surface area contributed by atoms with Crippen LogP contribution >= 0.6 is 0 Å². The summed E-state index contributed by atoms with van der Waals surface area (Å²) in [4.78, 5) is 0. The minimum Gasteiger partial charge on any atom is -0.392 e. The molecule has 0 amide bonds. The zero-order chi connectivity index (χ0) is 12.3. The Kier molecular flexibility index (Phi) is 3.88. The maximum atomic E-state index is 10.5. The minimum atomic E-state index is -0.170. The van der Waals surface area contributed by atoms with Crippen LogP contribution in [0.5, 0.6) is 0 Å². The van der Waals surface area contributed by atoms with E-state index in [1.807, 2.05) is 0 Å². The molecule has 0 bridgehead atoms. The number of aryl methyl sites for hydroxylation is 1. The monoisotopic (exact) mass is 232 g/mol. The van der Waals surface area contributed by atoms with E-state index in [0.29, 0.717) is 0 Å². The largest absolute Gasteiger partial charge is 0.392 e. The lowest BCUT2D eigenvalue weighted by Crippen LogP contribution is -2.33. The van der Waals surface area contributed by atoms with Crippen molar-refractivity contribution in [3.8, 4) is 0 Å². The fourth-order valence-electron chi connectivity index (χ4n) is 3.28. The number of benzene rings is 1. The van der Waals surface area contributed by atoms with Crippen molar-refractivity contribution in [3.05, 3.63) is 35.4 Å².